The van der Waals surface area contributed by atoms with Gasteiger partial charge < -0.3 is 15.0 Å². The molecule has 2 aromatic carbocycles. The number of aromatic nitrogens is 3. The number of rotatable bonds is 9. The average Bonchev–Trinajstić information content (AvgIpc) is 2.83. The lowest BCUT2D eigenvalue weighted by atomic mass is 10.2. The van der Waals surface area contributed by atoms with Gasteiger partial charge >= 0.3 is 5.69 Å². The van der Waals surface area contributed by atoms with Gasteiger partial charge in [0.25, 0.3) is 11.5 Å². The van der Waals surface area contributed by atoms with Gasteiger partial charge in [-0.1, -0.05) is 18.2 Å². The van der Waals surface area contributed by atoms with Crippen LogP contribution in [-0.4, -0.2) is 47.0 Å². The summed E-state index contributed by atoms with van der Waals surface area (Å²) >= 11 is 0. The molecule has 168 valence electrons. The van der Waals surface area contributed by atoms with Gasteiger partial charge in [-0.25, -0.2) is 4.79 Å². The Labute approximate surface area is 185 Å². The first-order valence-corrected chi connectivity index (χ1v) is 10.4. The van der Waals surface area contributed by atoms with Crippen molar-refractivity contribution in [3.63, 3.8) is 0 Å². The summed E-state index contributed by atoms with van der Waals surface area (Å²) in [4.78, 5) is 39.9. The quantitative estimate of drug-likeness (QED) is 0.511. The molecule has 0 fully saturated rings. The summed E-state index contributed by atoms with van der Waals surface area (Å²) in [6.07, 6.45) is 0.687. The minimum Gasteiger partial charge on any atom is -0.497 e. The Balaban J connectivity index is 1.71. The Morgan fingerprint density at radius 2 is 1.78 bits per heavy atom. The van der Waals surface area contributed by atoms with E-state index in [9.17, 15) is 14.4 Å². The monoisotopic (exact) mass is 437 g/mol. The molecule has 3 aromatic rings. The molecule has 0 unspecified atom stereocenters. The van der Waals surface area contributed by atoms with Crippen LogP contribution < -0.4 is 26.2 Å². The summed E-state index contributed by atoms with van der Waals surface area (Å²) in [6, 6.07) is 16.6. The van der Waals surface area contributed by atoms with Gasteiger partial charge in [0, 0.05) is 32.4 Å². The highest BCUT2D eigenvalue weighted by atomic mass is 16.5. The molecule has 32 heavy (non-hydrogen) atoms. The average molecular weight is 438 g/mol. The molecule has 1 N–H and O–H groups in total. The van der Waals surface area contributed by atoms with Gasteiger partial charge in [-0.15, -0.1) is 0 Å². The zero-order valence-electron chi connectivity index (χ0n) is 18.4. The summed E-state index contributed by atoms with van der Waals surface area (Å²) in [5.74, 6) is -0.00293. The van der Waals surface area contributed by atoms with Crippen molar-refractivity contribution in [1.82, 2.24) is 19.7 Å². The van der Waals surface area contributed by atoms with Crippen molar-refractivity contribution in [1.29, 1.82) is 0 Å². The molecule has 0 aliphatic heterocycles. The first kappa shape index (κ1) is 22.8. The Bertz CT molecular complexity index is 1170. The van der Waals surface area contributed by atoms with Gasteiger partial charge in [0.05, 0.1) is 12.8 Å². The number of hydrogen-bond acceptors (Lipinski definition) is 6. The number of carbonyl (C=O) groups is 1. The maximum atomic E-state index is 12.7. The number of amides is 1. The largest absolute Gasteiger partial charge is 0.497 e. The molecule has 0 bridgehead atoms. The van der Waals surface area contributed by atoms with Crippen molar-refractivity contribution < 1.29 is 9.53 Å². The number of para-hydroxylation sites is 1. The molecule has 0 aliphatic carbocycles. The lowest BCUT2D eigenvalue weighted by Gasteiger charge is -2.23. The maximum Gasteiger partial charge on any atom is 0.351 e. The van der Waals surface area contributed by atoms with Crippen molar-refractivity contribution in [3.8, 4) is 11.4 Å². The van der Waals surface area contributed by atoms with E-state index in [0.717, 1.165) is 28.0 Å². The van der Waals surface area contributed by atoms with Crippen molar-refractivity contribution in [2.45, 2.75) is 13.3 Å². The van der Waals surface area contributed by atoms with Crippen LogP contribution in [-0.2, 0) is 7.05 Å². The fourth-order valence-electron chi connectivity index (χ4n) is 3.27. The van der Waals surface area contributed by atoms with Crippen LogP contribution in [0.1, 0.15) is 23.8 Å². The summed E-state index contributed by atoms with van der Waals surface area (Å²) in [5.41, 5.74) is -0.182. The van der Waals surface area contributed by atoms with E-state index in [0.29, 0.717) is 24.4 Å². The standard InChI is InChI=1S/C23H27N5O4/c1-4-27(17-9-6-5-7-10-17)16-8-15-24-21(29)20-22(30)26(2)23(31)28(25-20)18-11-13-19(32-3)14-12-18/h5-7,9-14H,4,8,15-16H2,1-3H3,(H,24,29). The highest BCUT2D eigenvalue weighted by Crippen LogP contribution is 2.13. The van der Waals surface area contributed by atoms with E-state index in [1.165, 1.54) is 14.2 Å². The van der Waals surface area contributed by atoms with Crippen LogP contribution in [0.4, 0.5) is 5.69 Å². The molecule has 0 saturated carbocycles. The molecule has 1 aromatic heterocycles. The predicted molar refractivity (Wildman–Crippen MR) is 123 cm³/mol. The van der Waals surface area contributed by atoms with Crippen molar-refractivity contribution in [2.24, 2.45) is 7.05 Å². The van der Waals surface area contributed by atoms with E-state index in [4.69, 9.17) is 4.74 Å². The number of nitrogens with zero attached hydrogens (tertiary/aromatic N) is 4. The van der Waals surface area contributed by atoms with Crippen LogP contribution in [0, 0.1) is 0 Å². The molecule has 3 rings (SSSR count). The highest BCUT2D eigenvalue weighted by Gasteiger charge is 2.18. The Hall–Kier alpha value is -3.88. The van der Waals surface area contributed by atoms with Crippen molar-refractivity contribution in [2.75, 3.05) is 31.6 Å². The van der Waals surface area contributed by atoms with E-state index >= 15 is 0 Å². The van der Waals surface area contributed by atoms with Gasteiger partial charge in [-0.2, -0.15) is 9.78 Å². The van der Waals surface area contributed by atoms with Crippen LogP contribution in [0.3, 0.4) is 0 Å². The third-order valence-corrected chi connectivity index (χ3v) is 5.10. The summed E-state index contributed by atoms with van der Waals surface area (Å²) in [5, 5.41) is 6.78. The minimum atomic E-state index is -0.739. The van der Waals surface area contributed by atoms with Gasteiger partial charge in [-0.3, -0.25) is 14.2 Å². The number of hydrogen-bond donors (Lipinski definition) is 1. The molecule has 1 amide bonds. The normalized spacial score (nSPS) is 10.6. The highest BCUT2D eigenvalue weighted by molar-refractivity contribution is 5.91. The molecule has 0 radical (unpaired) electrons. The zero-order chi connectivity index (χ0) is 23.1. The number of methoxy groups -OCH3 is 1. The summed E-state index contributed by atoms with van der Waals surface area (Å²) in [7, 11) is 2.86. The predicted octanol–water partition coefficient (Wildman–Crippen LogP) is 1.59. The number of benzene rings is 2. The van der Waals surface area contributed by atoms with Crippen molar-refractivity contribution >= 4 is 11.6 Å². The molecule has 9 nitrogen and oxygen atoms in total. The maximum absolute atomic E-state index is 12.7. The Kier molecular flexibility index (Phi) is 7.43. The van der Waals surface area contributed by atoms with Crippen LogP contribution in [0.15, 0.2) is 64.2 Å². The number of nitrogens with one attached hydrogen (secondary N) is 1. The van der Waals surface area contributed by atoms with E-state index in [2.05, 4.69) is 22.2 Å². The number of carbonyl (C=O) groups excluding carboxylic acids is 1. The molecule has 1 heterocycles. The molecule has 0 aliphatic rings. The van der Waals surface area contributed by atoms with Crippen molar-refractivity contribution in [3.05, 3.63) is 81.1 Å². The second-order valence-electron chi connectivity index (χ2n) is 7.13. The minimum absolute atomic E-state index is 0.335. The molecular formula is C23H27N5O4. The van der Waals surface area contributed by atoms with Gasteiger partial charge in [0.2, 0.25) is 5.69 Å². The SMILES string of the molecule is CCN(CCCNC(=O)c1nn(-c2ccc(OC)cc2)c(=O)n(C)c1=O)c1ccccc1. The van der Waals surface area contributed by atoms with E-state index in [-0.39, 0.29) is 5.69 Å². The fourth-order valence-corrected chi connectivity index (χ4v) is 3.27. The lowest BCUT2D eigenvalue weighted by molar-refractivity contribution is 0.0943. The summed E-state index contributed by atoms with van der Waals surface area (Å²) < 4.78 is 7.02. The third-order valence-electron chi connectivity index (χ3n) is 5.10. The van der Waals surface area contributed by atoms with Crippen LogP contribution in [0.5, 0.6) is 5.75 Å². The van der Waals surface area contributed by atoms with E-state index < -0.39 is 17.2 Å². The van der Waals surface area contributed by atoms with Gasteiger partial charge in [0.1, 0.15) is 5.75 Å². The second kappa shape index (κ2) is 10.4. The first-order chi connectivity index (χ1) is 15.5. The van der Waals surface area contributed by atoms with Crippen LogP contribution >= 0.6 is 0 Å². The Morgan fingerprint density at radius 3 is 2.41 bits per heavy atom. The first-order valence-electron chi connectivity index (χ1n) is 10.4. The number of ether oxygens (including phenoxy) is 1. The van der Waals surface area contributed by atoms with Crippen LogP contribution in [0.2, 0.25) is 0 Å². The number of anilines is 1. The Morgan fingerprint density at radius 1 is 1.09 bits per heavy atom. The van der Waals surface area contributed by atoms with Gasteiger partial charge in [0.15, 0.2) is 0 Å². The smallest absolute Gasteiger partial charge is 0.351 e. The molecular weight excluding hydrogens is 410 g/mol. The lowest BCUT2D eigenvalue weighted by Crippen LogP contribution is -2.44. The topological polar surface area (TPSA) is 98.5 Å². The molecule has 0 saturated heterocycles. The fraction of sp³-hybridized carbons (Fsp3) is 0.304. The summed E-state index contributed by atoms with van der Waals surface area (Å²) in [6.45, 7) is 4.03. The zero-order valence-corrected chi connectivity index (χ0v) is 18.4. The van der Waals surface area contributed by atoms with E-state index in [1.807, 2.05) is 30.3 Å². The second-order valence-corrected chi connectivity index (χ2v) is 7.13. The van der Waals surface area contributed by atoms with Crippen LogP contribution in [0.25, 0.3) is 5.69 Å². The molecule has 0 atom stereocenters. The molecule has 0 spiro atoms. The molecule has 9 heteroatoms. The third kappa shape index (κ3) is 5.05. The van der Waals surface area contributed by atoms with E-state index in [1.54, 1.807) is 24.3 Å². The van der Waals surface area contributed by atoms with Gasteiger partial charge in [-0.05, 0) is 49.7 Å².